The monoisotopic (exact) mass is 221 g/mol. The summed E-state index contributed by atoms with van der Waals surface area (Å²) in [6.07, 6.45) is 6.91. The van der Waals surface area contributed by atoms with E-state index < -0.39 is 0 Å². The minimum absolute atomic E-state index is 0.523. The van der Waals surface area contributed by atoms with Crippen molar-refractivity contribution in [2.75, 3.05) is 13.1 Å². The van der Waals surface area contributed by atoms with Crippen LogP contribution in [0.25, 0.3) is 0 Å². The second kappa shape index (κ2) is 4.48. The molecule has 0 aromatic rings. The number of nitrogens with one attached hydrogen (secondary N) is 1. The van der Waals surface area contributed by atoms with Crippen LogP contribution in [0.15, 0.2) is 17.1 Å². The van der Waals surface area contributed by atoms with Gasteiger partial charge in [-0.2, -0.15) is 0 Å². The molecule has 3 heteroatoms. The van der Waals surface area contributed by atoms with Crippen molar-refractivity contribution < 1.29 is 0 Å². The molecule has 2 rings (SSSR count). The molecule has 2 aliphatic rings. The Balaban J connectivity index is 1.80. The van der Waals surface area contributed by atoms with Crippen LogP contribution in [0.2, 0.25) is 0 Å². The molecule has 0 aliphatic heterocycles. The Labute approximate surface area is 98.2 Å². The highest BCUT2D eigenvalue weighted by Crippen LogP contribution is 2.57. The molecule has 0 heterocycles. The number of aliphatic imine (C=N–C) groups is 1. The lowest BCUT2D eigenvalue weighted by molar-refractivity contribution is 0.113. The summed E-state index contributed by atoms with van der Waals surface area (Å²) in [5.41, 5.74) is 7.43. The van der Waals surface area contributed by atoms with Gasteiger partial charge in [-0.1, -0.05) is 18.6 Å². The number of nitrogens with zero attached hydrogens (tertiary/aromatic N) is 1. The van der Waals surface area contributed by atoms with E-state index >= 15 is 0 Å². The quantitative estimate of drug-likeness (QED) is 0.424. The number of guanidine groups is 1. The molecule has 90 valence electrons. The second-order valence-electron chi connectivity index (χ2n) is 5.50. The number of hydrogen-bond acceptors (Lipinski definition) is 1. The van der Waals surface area contributed by atoms with E-state index in [1.807, 2.05) is 6.92 Å². The summed E-state index contributed by atoms with van der Waals surface area (Å²) < 4.78 is 0. The van der Waals surface area contributed by atoms with Crippen LogP contribution in [0.4, 0.5) is 0 Å². The van der Waals surface area contributed by atoms with Gasteiger partial charge in [0.25, 0.3) is 0 Å². The highest BCUT2D eigenvalue weighted by molar-refractivity contribution is 5.78. The first-order valence-electron chi connectivity index (χ1n) is 6.31. The molecule has 0 bridgehead atoms. The standard InChI is InChI=1S/C13H23N3/c1-10(2)8-15-12(14)16-9-13(6-3-7-13)11-4-5-11/h11H,1,3-9H2,2H3,(H3,14,15,16). The summed E-state index contributed by atoms with van der Waals surface area (Å²) in [5.74, 6) is 1.52. The van der Waals surface area contributed by atoms with Crippen molar-refractivity contribution >= 4 is 5.96 Å². The van der Waals surface area contributed by atoms with Crippen LogP contribution in [0.5, 0.6) is 0 Å². The van der Waals surface area contributed by atoms with Gasteiger partial charge in [-0.25, -0.2) is 0 Å². The van der Waals surface area contributed by atoms with Crippen LogP contribution in [0.3, 0.4) is 0 Å². The first kappa shape index (κ1) is 11.5. The van der Waals surface area contributed by atoms with Gasteiger partial charge in [0.1, 0.15) is 0 Å². The first-order valence-corrected chi connectivity index (χ1v) is 6.31. The predicted molar refractivity (Wildman–Crippen MR) is 68.3 cm³/mol. The zero-order chi connectivity index (χ0) is 11.6. The van der Waals surface area contributed by atoms with Crippen LogP contribution < -0.4 is 11.1 Å². The Morgan fingerprint density at radius 3 is 2.62 bits per heavy atom. The molecule has 0 aromatic carbocycles. The molecule has 3 nitrogen and oxygen atoms in total. The summed E-state index contributed by atoms with van der Waals surface area (Å²) in [6, 6.07) is 0. The Hall–Kier alpha value is -0.990. The van der Waals surface area contributed by atoms with E-state index in [-0.39, 0.29) is 0 Å². The summed E-state index contributed by atoms with van der Waals surface area (Å²) in [4.78, 5) is 4.49. The SMILES string of the molecule is C=C(C)CNC(N)=NCC1(C2CC2)CCC1. The molecule has 2 aliphatic carbocycles. The lowest BCUT2D eigenvalue weighted by Crippen LogP contribution is -2.38. The van der Waals surface area contributed by atoms with E-state index in [9.17, 15) is 0 Å². The lowest BCUT2D eigenvalue weighted by atomic mass is 9.65. The number of rotatable bonds is 5. The Morgan fingerprint density at radius 1 is 1.50 bits per heavy atom. The molecule has 3 N–H and O–H groups in total. The van der Waals surface area contributed by atoms with E-state index in [1.165, 1.54) is 32.1 Å². The second-order valence-corrected chi connectivity index (χ2v) is 5.50. The van der Waals surface area contributed by atoms with Crippen LogP contribution >= 0.6 is 0 Å². The molecule has 2 fully saturated rings. The molecule has 0 spiro atoms. The molecule has 0 amide bonds. The molecular weight excluding hydrogens is 198 g/mol. The highest BCUT2D eigenvalue weighted by atomic mass is 15.1. The molecule has 0 radical (unpaired) electrons. The molecule has 2 saturated carbocycles. The van der Waals surface area contributed by atoms with Gasteiger partial charge in [0.05, 0.1) is 0 Å². The molecule has 0 atom stereocenters. The molecular formula is C13H23N3. The Morgan fingerprint density at radius 2 is 2.19 bits per heavy atom. The van der Waals surface area contributed by atoms with Gasteiger partial charge in [0.2, 0.25) is 0 Å². The third kappa shape index (κ3) is 2.57. The maximum atomic E-state index is 5.83. The zero-order valence-electron chi connectivity index (χ0n) is 10.3. The predicted octanol–water partition coefficient (Wildman–Crippen LogP) is 2.05. The smallest absolute Gasteiger partial charge is 0.188 e. The fourth-order valence-electron chi connectivity index (χ4n) is 2.56. The molecule has 16 heavy (non-hydrogen) atoms. The zero-order valence-corrected chi connectivity index (χ0v) is 10.3. The summed E-state index contributed by atoms with van der Waals surface area (Å²) in [7, 11) is 0. The largest absolute Gasteiger partial charge is 0.370 e. The number of nitrogens with two attached hydrogens (primary N) is 1. The van der Waals surface area contributed by atoms with E-state index in [2.05, 4.69) is 16.9 Å². The Bertz CT molecular complexity index is 298. The fraction of sp³-hybridized carbons (Fsp3) is 0.769. The van der Waals surface area contributed by atoms with Crippen LogP contribution in [-0.4, -0.2) is 19.0 Å². The maximum Gasteiger partial charge on any atom is 0.188 e. The van der Waals surface area contributed by atoms with Crippen molar-refractivity contribution in [3.8, 4) is 0 Å². The van der Waals surface area contributed by atoms with Gasteiger partial charge in [-0.15, -0.1) is 0 Å². The minimum atomic E-state index is 0.523. The van der Waals surface area contributed by atoms with Crippen molar-refractivity contribution in [3.63, 3.8) is 0 Å². The van der Waals surface area contributed by atoms with Crippen molar-refractivity contribution in [1.82, 2.24) is 5.32 Å². The van der Waals surface area contributed by atoms with E-state index in [4.69, 9.17) is 5.73 Å². The number of hydrogen-bond donors (Lipinski definition) is 2. The van der Waals surface area contributed by atoms with Crippen molar-refractivity contribution in [2.45, 2.75) is 39.0 Å². The summed E-state index contributed by atoms with van der Waals surface area (Å²) in [5, 5.41) is 3.09. The van der Waals surface area contributed by atoms with Crippen molar-refractivity contribution in [3.05, 3.63) is 12.2 Å². The van der Waals surface area contributed by atoms with Crippen molar-refractivity contribution in [2.24, 2.45) is 22.1 Å². The highest BCUT2D eigenvalue weighted by Gasteiger charge is 2.48. The summed E-state index contributed by atoms with van der Waals surface area (Å²) >= 11 is 0. The summed E-state index contributed by atoms with van der Waals surface area (Å²) in [6.45, 7) is 7.46. The molecule has 0 unspecified atom stereocenters. The third-order valence-electron chi connectivity index (χ3n) is 3.93. The van der Waals surface area contributed by atoms with Gasteiger partial charge >= 0.3 is 0 Å². The van der Waals surface area contributed by atoms with Crippen LogP contribution in [0.1, 0.15) is 39.0 Å². The van der Waals surface area contributed by atoms with Crippen molar-refractivity contribution in [1.29, 1.82) is 0 Å². The van der Waals surface area contributed by atoms with Gasteiger partial charge in [0, 0.05) is 13.1 Å². The topological polar surface area (TPSA) is 50.4 Å². The van der Waals surface area contributed by atoms with Gasteiger partial charge in [-0.05, 0) is 43.9 Å². The van der Waals surface area contributed by atoms with E-state index in [0.29, 0.717) is 11.4 Å². The first-order chi connectivity index (χ1) is 7.62. The third-order valence-corrected chi connectivity index (χ3v) is 3.93. The normalized spacial score (nSPS) is 23.7. The molecule has 0 saturated heterocycles. The van der Waals surface area contributed by atoms with Crippen LogP contribution in [-0.2, 0) is 0 Å². The van der Waals surface area contributed by atoms with Gasteiger partial charge in [0.15, 0.2) is 5.96 Å². The Kier molecular flexibility index (Phi) is 3.22. The maximum absolute atomic E-state index is 5.83. The van der Waals surface area contributed by atoms with E-state index in [1.54, 1.807) is 0 Å². The average molecular weight is 221 g/mol. The molecule has 0 aromatic heterocycles. The average Bonchev–Trinajstić information content (AvgIpc) is 2.97. The van der Waals surface area contributed by atoms with E-state index in [0.717, 1.165) is 24.6 Å². The van der Waals surface area contributed by atoms with Gasteiger partial charge in [-0.3, -0.25) is 4.99 Å². The van der Waals surface area contributed by atoms with Gasteiger partial charge < -0.3 is 11.1 Å². The minimum Gasteiger partial charge on any atom is -0.370 e. The fourth-order valence-corrected chi connectivity index (χ4v) is 2.56. The lowest BCUT2D eigenvalue weighted by Gasteiger charge is -2.41. The van der Waals surface area contributed by atoms with Crippen LogP contribution in [0, 0.1) is 11.3 Å².